The summed E-state index contributed by atoms with van der Waals surface area (Å²) in [4.78, 5) is 22.8. The van der Waals surface area contributed by atoms with Crippen molar-refractivity contribution < 1.29 is 9.59 Å². The largest absolute Gasteiger partial charge is 0.370 e. The second kappa shape index (κ2) is 7.24. The second-order valence-electron chi connectivity index (χ2n) is 3.34. The van der Waals surface area contributed by atoms with Gasteiger partial charge in [0.1, 0.15) is 0 Å². The third kappa shape index (κ3) is 6.23. The minimum Gasteiger partial charge on any atom is -0.370 e. The molecule has 0 aliphatic heterocycles. The summed E-state index contributed by atoms with van der Waals surface area (Å²) in [6.45, 7) is 0.459. The summed E-state index contributed by atoms with van der Waals surface area (Å²) >= 11 is 4.89. The summed E-state index contributed by atoms with van der Waals surface area (Å²) in [7, 11) is 0. The zero-order valence-electron chi connectivity index (χ0n) is 9.11. The first kappa shape index (κ1) is 13.9. The van der Waals surface area contributed by atoms with Gasteiger partial charge in [0.15, 0.2) is 0 Å². The topological polar surface area (TPSA) is 72.2 Å². The van der Waals surface area contributed by atoms with E-state index < -0.39 is 0 Å². The van der Waals surface area contributed by atoms with Gasteiger partial charge < -0.3 is 11.1 Å². The zero-order chi connectivity index (χ0) is 12.7. The molecule has 0 saturated heterocycles. The van der Waals surface area contributed by atoms with Crippen molar-refractivity contribution in [1.82, 2.24) is 5.32 Å². The average molecular weight is 317 g/mol. The normalized spacial score (nSPS) is 10.6. The molecule has 0 spiro atoms. The van der Waals surface area contributed by atoms with Crippen LogP contribution in [0.25, 0.3) is 6.08 Å². The van der Waals surface area contributed by atoms with E-state index in [0.717, 1.165) is 8.66 Å². The van der Waals surface area contributed by atoms with Gasteiger partial charge in [-0.3, -0.25) is 9.59 Å². The molecule has 4 nitrogen and oxygen atoms in total. The van der Waals surface area contributed by atoms with E-state index in [0.29, 0.717) is 19.4 Å². The Morgan fingerprint density at radius 2 is 2.24 bits per heavy atom. The van der Waals surface area contributed by atoms with Crippen LogP contribution in [0.4, 0.5) is 0 Å². The molecule has 2 amide bonds. The van der Waals surface area contributed by atoms with Crippen LogP contribution in [0.5, 0.6) is 0 Å². The number of hydrogen-bond donors (Lipinski definition) is 2. The van der Waals surface area contributed by atoms with E-state index in [1.165, 1.54) is 6.08 Å². The molecule has 1 aromatic rings. The molecular weight excluding hydrogens is 304 g/mol. The highest BCUT2D eigenvalue weighted by atomic mass is 79.9. The van der Waals surface area contributed by atoms with Crippen LogP contribution < -0.4 is 11.1 Å². The van der Waals surface area contributed by atoms with Crippen molar-refractivity contribution in [3.8, 4) is 0 Å². The van der Waals surface area contributed by atoms with Crippen molar-refractivity contribution in [2.45, 2.75) is 12.8 Å². The van der Waals surface area contributed by atoms with Crippen molar-refractivity contribution in [1.29, 1.82) is 0 Å². The van der Waals surface area contributed by atoms with E-state index in [1.807, 2.05) is 12.1 Å². The Kier molecular flexibility index (Phi) is 5.93. The Morgan fingerprint density at radius 1 is 1.47 bits per heavy atom. The van der Waals surface area contributed by atoms with Crippen molar-refractivity contribution in [3.63, 3.8) is 0 Å². The van der Waals surface area contributed by atoms with Gasteiger partial charge in [-0.1, -0.05) is 0 Å². The minimum atomic E-state index is -0.349. The van der Waals surface area contributed by atoms with Crippen LogP contribution in [0.3, 0.4) is 0 Å². The lowest BCUT2D eigenvalue weighted by atomic mass is 10.3. The lowest BCUT2D eigenvalue weighted by Crippen LogP contribution is -2.23. The summed E-state index contributed by atoms with van der Waals surface area (Å²) in [5.74, 6) is -0.516. The Morgan fingerprint density at radius 3 is 2.82 bits per heavy atom. The standard InChI is InChI=1S/C11H13BrN2O2S/c12-9-5-3-8(17-9)4-6-11(16)14-7-1-2-10(13)15/h3-6H,1-2,7H2,(H2,13,15)(H,14,16)/b6-4+. The summed E-state index contributed by atoms with van der Waals surface area (Å²) in [5, 5.41) is 2.67. The molecule has 3 N–H and O–H groups in total. The predicted molar refractivity (Wildman–Crippen MR) is 72.5 cm³/mol. The van der Waals surface area contributed by atoms with E-state index in [9.17, 15) is 9.59 Å². The minimum absolute atomic E-state index is 0.168. The van der Waals surface area contributed by atoms with Gasteiger partial charge in [-0.15, -0.1) is 11.3 Å². The van der Waals surface area contributed by atoms with Crippen LogP contribution in [-0.2, 0) is 9.59 Å². The van der Waals surface area contributed by atoms with E-state index in [4.69, 9.17) is 5.73 Å². The van der Waals surface area contributed by atoms with Crippen LogP contribution in [0, 0.1) is 0 Å². The Labute approximate surface area is 112 Å². The highest BCUT2D eigenvalue weighted by molar-refractivity contribution is 9.11. The first-order chi connectivity index (χ1) is 8.08. The van der Waals surface area contributed by atoms with E-state index >= 15 is 0 Å². The highest BCUT2D eigenvalue weighted by Gasteiger charge is 1.98. The molecule has 0 aliphatic rings. The number of nitrogens with two attached hydrogens (primary N) is 1. The lowest BCUT2D eigenvalue weighted by Gasteiger charge is -1.99. The van der Waals surface area contributed by atoms with Gasteiger partial charge in [0.05, 0.1) is 3.79 Å². The van der Waals surface area contributed by atoms with Gasteiger partial charge in [0.25, 0.3) is 0 Å². The fraction of sp³-hybridized carbons (Fsp3) is 0.273. The second-order valence-corrected chi connectivity index (χ2v) is 5.83. The monoisotopic (exact) mass is 316 g/mol. The molecule has 6 heteroatoms. The molecule has 1 rings (SSSR count). The molecule has 0 saturated carbocycles. The van der Waals surface area contributed by atoms with Gasteiger partial charge in [-0.2, -0.15) is 0 Å². The Hall–Kier alpha value is -1.14. The fourth-order valence-corrected chi connectivity index (χ4v) is 2.44. The van der Waals surface area contributed by atoms with Gasteiger partial charge in [0.2, 0.25) is 11.8 Å². The van der Waals surface area contributed by atoms with Crippen LogP contribution in [0.15, 0.2) is 22.0 Å². The first-order valence-corrected chi connectivity index (χ1v) is 6.68. The number of thiophene rings is 1. The van der Waals surface area contributed by atoms with E-state index in [2.05, 4.69) is 21.2 Å². The molecule has 92 valence electrons. The summed E-state index contributed by atoms with van der Waals surface area (Å²) in [6.07, 6.45) is 4.09. The van der Waals surface area contributed by atoms with Crippen LogP contribution >= 0.6 is 27.3 Å². The van der Waals surface area contributed by atoms with Crippen molar-refractivity contribution >= 4 is 45.2 Å². The smallest absolute Gasteiger partial charge is 0.244 e. The summed E-state index contributed by atoms with van der Waals surface area (Å²) < 4.78 is 1.03. The molecule has 0 unspecified atom stereocenters. The number of amides is 2. The van der Waals surface area contributed by atoms with E-state index in [-0.39, 0.29) is 11.8 Å². The Balaban J connectivity index is 2.25. The molecule has 0 aliphatic carbocycles. The van der Waals surface area contributed by atoms with Crippen molar-refractivity contribution in [3.05, 3.63) is 26.9 Å². The number of halogens is 1. The lowest BCUT2D eigenvalue weighted by molar-refractivity contribution is -0.119. The maximum absolute atomic E-state index is 11.3. The predicted octanol–water partition coefficient (Wildman–Crippen LogP) is 1.91. The third-order valence-corrected chi connectivity index (χ3v) is 3.48. The molecule has 1 aromatic heterocycles. The number of carbonyl (C=O) groups is 2. The van der Waals surface area contributed by atoms with Crippen LogP contribution in [0.1, 0.15) is 17.7 Å². The summed E-state index contributed by atoms with van der Waals surface area (Å²) in [6, 6.07) is 3.85. The van der Waals surface area contributed by atoms with Gasteiger partial charge in [-0.05, 0) is 40.6 Å². The molecule has 0 radical (unpaired) electrons. The summed E-state index contributed by atoms with van der Waals surface area (Å²) in [5.41, 5.74) is 4.98. The zero-order valence-corrected chi connectivity index (χ0v) is 11.5. The van der Waals surface area contributed by atoms with Gasteiger partial charge >= 0.3 is 0 Å². The fourth-order valence-electron chi connectivity index (χ4n) is 1.11. The molecule has 0 bridgehead atoms. The van der Waals surface area contributed by atoms with Gasteiger partial charge in [-0.25, -0.2) is 0 Å². The molecular formula is C11H13BrN2O2S. The Bertz CT molecular complexity index is 429. The first-order valence-electron chi connectivity index (χ1n) is 5.07. The molecule has 0 aromatic carbocycles. The molecule has 17 heavy (non-hydrogen) atoms. The average Bonchev–Trinajstić information content (AvgIpc) is 2.67. The molecule has 0 fully saturated rings. The number of nitrogens with one attached hydrogen (secondary N) is 1. The molecule has 1 heterocycles. The molecule has 0 atom stereocenters. The van der Waals surface area contributed by atoms with E-state index in [1.54, 1.807) is 17.4 Å². The highest BCUT2D eigenvalue weighted by Crippen LogP contribution is 2.22. The number of carbonyl (C=O) groups excluding carboxylic acids is 2. The van der Waals surface area contributed by atoms with Crippen molar-refractivity contribution in [2.24, 2.45) is 5.73 Å². The SMILES string of the molecule is NC(=O)CCCNC(=O)/C=C/c1ccc(Br)s1. The number of primary amides is 1. The maximum Gasteiger partial charge on any atom is 0.244 e. The van der Waals surface area contributed by atoms with Gasteiger partial charge in [0, 0.05) is 23.9 Å². The number of rotatable bonds is 6. The maximum atomic E-state index is 11.3. The third-order valence-electron chi connectivity index (χ3n) is 1.89. The van der Waals surface area contributed by atoms with Crippen LogP contribution in [-0.4, -0.2) is 18.4 Å². The number of hydrogen-bond acceptors (Lipinski definition) is 3. The van der Waals surface area contributed by atoms with Crippen LogP contribution in [0.2, 0.25) is 0 Å². The van der Waals surface area contributed by atoms with Crippen molar-refractivity contribution in [2.75, 3.05) is 6.54 Å². The quantitative estimate of drug-likeness (QED) is 0.621.